The van der Waals surface area contributed by atoms with Crippen molar-refractivity contribution in [3.8, 4) is 0 Å². The Hall–Kier alpha value is -1.36. The summed E-state index contributed by atoms with van der Waals surface area (Å²) in [5.41, 5.74) is -0.781. The molecular weight excluding hydrogens is 242 g/mol. The minimum Gasteiger partial charge on any atom is -0.394 e. The van der Waals surface area contributed by atoms with Crippen LogP contribution in [0.5, 0.6) is 0 Å². The number of nitrogens with zero attached hydrogens (tertiary/aromatic N) is 2. The standard InChI is InChI=1S/C14H23N3O2/c1-13(2,3)17-9-8-15-11(12(17)19)16-14(10-18)6-4-5-7-14/h8-9,18H,4-7,10H2,1-3H3,(H,15,16). The largest absolute Gasteiger partial charge is 0.394 e. The first-order chi connectivity index (χ1) is 8.88. The number of anilines is 1. The zero-order valence-electron chi connectivity index (χ0n) is 11.9. The minimum atomic E-state index is -0.372. The summed E-state index contributed by atoms with van der Waals surface area (Å²) in [6, 6.07) is 0. The summed E-state index contributed by atoms with van der Waals surface area (Å²) in [6.07, 6.45) is 7.26. The lowest BCUT2D eigenvalue weighted by Gasteiger charge is -2.29. The van der Waals surface area contributed by atoms with Crippen molar-refractivity contribution in [1.29, 1.82) is 0 Å². The summed E-state index contributed by atoms with van der Waals surface area (Å²) >= 11 is 0. The van der Waals surface area contributed by atoms with Gasteiger partial charge in [-0.15, -0.1) is 0 Å². The Bertz CT molecular complexity index is 496. The van der Waals surface area contributed by atoms with E-state index in [2.05, 4.69) is 10.3 Å². The lowest BCUT2D eigenvalue weighted by Crippen LogP contribution is -2.43. The number of rotatable bonds is 3. The lowest BCUT2D eigenvalue weighted by atomic mass is 9.99. The van der Waals surface area contributed by atoms with Crippen molar-refractivity contribution in [2.75, 3.05) is 11.9 Å². The van der Waals surface area contributed by atoms with E-state index in [0.29, 0.717) is 5.82 Å². The topological polar surface area (TPSA) is 67.2 Å². The number of aliphatic hydroxyl groups is 1. The third-order valence-electron chi connectivity index (χ3n) is 3.81. The average Bonchev–Trinajstić information content (AvgIpc) is 2.80. The van der Waals surface area contributed by atoms with Crippen LogP contribution in [0.4, 0.5) is 5.82 Å². The number of nitrogens with one attached hydrogen (secondary N) is 1. The van der Waals surface area contributed by atoms with Crippen LogP contribution >= 0.6 is 0 Å². The van der Waals surface area contributed by atoms with Crippen LogP contribution in [0.2, 0.25) is 0 Å². The molecule has 1 aliphatic rings. The first-order valence-electron chi connectivity index (χ1n) is 6.85. The first kappa shape index (κ1) is 14.1. The maximum Gasteiger partial charge on any atom is 0.293 e. The Morgan fingerprint density at radius 1 is 1.42 bits per heavy atom. The Morgan fingerprint density at radius 3 is 2.58 bits per heavy atom. The summed E-state index contributed by atoms with van der Waals surface area (Å²) in [4.78, 5) is 16.6. The highest BCUT2D eigenvalue weighted by atomic mass is 16.3. The van der Waals surface area contributed by atoms with E-state index in [-0.39, 0.29) is 23.2 Å². The molecule has 19 heavy (non-hydrogen) atoms. The van der Waals surface area contributed by atoms with E-state index in [1.807, 2.05) is 20.8 Å². The minimum absolute atomic E-state index is 0.0402. The summed E-state index contributed by atoms with van der Waals surface area (Å²) in [5, 5.41) is 12.8. The molecule has 0 bridgehead atoms. The normalized spacial score (nSPS) is 18.5. The maximum absolute atomic E-state index is 12.4. The Morgan fingerprint density at radius 2 is 2.05 bits per heavy atom. The highest BCUT2D eigenvalue weighted by Crippen LogP contribution is 2.31. The van der Waals surface area contributed by atoms with Crippen LogP contribution in [0.15, 0.2) is 17.2 Å². The summed E-state index contributed by atoms with van der Waals surface area (Å²) < 4.78 is 1.67. The molecule has 1 aromatic heterocycles. The highest BCUT2D eigenvalue weighted by molar-refractivity contribution is 5.36. The van der Waals surface area contributed by atoms with Gasteiger partial charge in [0.05, 0.1) is 12.1 Å². The summed E-state index contributed by atoms with van der Waals surface area (Å²) in [6.45, 7) is 5.99. The van der Waals surface area contributed by atoms with Gasteiger partial charge < -0.3 is 15.0 Å². The Balaban J connectivity index is 2.34. The SMILES string of the molecule is CC(C)(C)n1ccnc(NC2(CO)CCCC2)c1=O. The molecule has 0 aliphatic heterocycles. The van der Waals surface area contributed by atoms with Crippen LogP contribution in [-0.2, 0) is 5.54 Å². The van der Waals surface area contributed by atoms with Gasteiger partial charge in [-0.05, 0) is 33.6 Å². The van der Waals surface area contributed by atoms with Crippen molar-refractivity contribution in [3.63, 3.8) is 0 Å². The van der Waals surface area contributed by atoms with E-state index in [1.165, 1.54) is 0 Å². The fourth-order valence-corrected chi connectivity index (χ4v) is 2.65. The van der Waals surface area contributed by atoms with Crippen LogP contribution < -0.4 is 10.9 Å². The molecule has 0 aromatic carbocycles. The van der Waals surface area contributed by atoms with Gasteiger partial charge in [0, 0.05) is 17.9 Å². The van der Waals surface area contributed by atoms with E-state index in [0.717, 1.165) is 25.7 Å². The molecule has 1 fully saturated rings. The third-order valence-corrected chi connectivity index (χ3v) is 3.81. The van der Waals surface area contributed by atoms with Gasteiger partial charge in [0.2, 0.25) is 0 Å². The van der Waals surface area contributed by atoms with E-state index in [9.17, 15) is 9.90 Å². The molecule has 106 valence electrons. The fraction of sp³-hybridized carbons (Fsp3) is 0.714. The molecule has 1 aromatic rings. The molecule has 0 spiro atoms. The summed E-state index contributed by atoms with van der Waals surface area (Å²) in [7, 11) is 0. The van der Waals surface area contributed by atoms with Crippen molar-refractivity contribution in [2.24, 2.45) is 0 Å². The van der Waals surface area contributed by atoms with Gasteiger partial charge >= 0.3 is 0 Å². The second-order valence-corrected chi connectivity index (χ2v) is 6.39. The number of aliphatic hydroxyl groups excluding tert-OH is 1. The number of hydrogen-bond acceptors (Lipinski definition) is 4. The Labute approximate surface area is 113 Å². The zero-order chi connectivity index (χ0) is 14.1. The molecule has 1 heterocycles. The maximum atomic E-state index is 12.4. The molecule has 5 nitrogen and oxygen atoms in total. The van der Waals surface area contributed by atoms with Gasteiger partial charge in [-0.25, -0.2) is 4.98 Å². The van der Waals surface area contributed by atoms with Crippen LogP contribution in [0.3, 0.4) is 0 Å². The molecule has 0 saturated heterocycles. The second-order valence-electron chi connectivity index (χ2n) is 6.39. The third kappa shape index (κ3) is 2.81. The van der Waals surface area contributed by atoms with Crippen LogP contribution in [0.25, 0.3) is 0 Å². The zero-order valence-corrected chi connectivity index (χ0v) is 11.9. The average molecular weight is 265 g/mol. The predicted octanol–water partition coefficient (Wildman–Crippen LogP) is 1.72. The highest BCUT2D eigenvalue weighted by Gasteiger charge is 2.34. The molecule has 0 amide bonds. The molecule has 0 radical (unpaired) electrons. The van der Waals surface area contributed by atoms with Crippen molar-refractivity contribution >= 4 is 5.82 Å². The van der Waals surface area contributed by atoms with Crippen LogP contribution in [0.1, 0.15) is 46.5 Å². The number of hydrogen-bond donors (Lipinski definition) is 2. The second kappa shape index (κ2) is 4.96. The van der Waals surface area contributed by atoms with Gasteiger partial charge in [0.15, 0.2) is 5.82 Å². The van der Waals surface area contributed by atoms with Crippen LogP contribution in [-0.4, -0.2) is 26.8 Å². The van der Waals surface area contributed by atoms with Gasteiger partial charge in [-0.1, -0.05) is 12.8 Å². The van der Waals surface area contributed by atoms with Crippen molar-refractivity contribution in [2.45, 2.75) is 57.5 Å². The molecular formula is C14H23N3O2. The molecule has 0 unspecified atom stereocenters. The van der Waals surface area contributed by atoms with Crippen molar-refractivity contribution in [3.05, 3.63) is 22.7 Å². The predicted molar refractivity (Wildman–Crippen MR) is 75.4 cm³/mol. The van der Waals surface area contributed by atoms with Crippen LogP contribution in [0, 0.1) is 0 Å². The monoisotopic (exact) mass is 265 g/mol. The van der Waals surface area contributed by atoms with Crippen molar-refractivity contribution in [1.82, 2.24) is 9.55 Å². The van der Waals surface area contributed by atoms with Gasteiger partial charge in [-0.2, -0.15) is 0 Å². The van der Waals surface area contributed by atoms with Gasteiger partial charge in [-0.3, -0.25) is 4.79 Å². The number of aromatic nitrogens is 2. The van der Waals surface area contributed by atoms with Crippen molar-refractivity contribution < 1.29 is 5.11 Å². The molecule has 1 aliphatic carbocycles. The molecule has 0 atom stereocenters. The first-order valence-corrected chi connectivity index (χ1v) is 6.85. The quantitative estimate of drug-likeness (QED) is 0.873. The van der Waals surface area contributed by atoms with E-state index < -0.39 is 0 Å². The molecule has 2 N–H and O–H groups in total. The smallest absolute Gasteiger partial charge is 0.293 e. The van der Waals surface area contributed by atoms with E-state index in [4.69, 9.17) is 0 Å². The van der Waals surface area contributed by atoms with E-state index in [1.54, 1.807) is 17.0 Å². The fourth-order valence-electron chi connectivity index (χ4n) is 2.65. The van der Waals surface area contributed by atoms with Gasteiger partial charge in [0.25, 0.3) is 5.56 Å². The summed E-state index contributed by atoms with van der Waals surface area (Å²) in [5.74, 6) is 0.341. The molecule has 1 saturated carbocycles. The van der Waals surface area contributed by atoms with Gasteiger partial charge in [0.1, 0.15) is 0 Å². The Kier molecular flexibility index (Phi) is 3.67. The lowest BCUT2D eigenvalue weighted by molar-refractivity contribution is 0.213. The van der Waals surface area contributed by atoms with E-state index >= 15 is 0 Å². The molecule has 2 rings (SSSR count). The molecule has 5 heteroatoms.